The topological polar surface area (TPSA) is 18.5 Å². The van der Waals surface area contributed by atoms with Gasteiger partial charge in [0.2, 0.25) is 0 Å². The van der Waals surface area contributed by atoms with Gasteiger partial charge in [-0.15, -0.1) is 0 Å². The summed E-state index contributed by atoms with van der Waals surface area (Å²) in [7, 11) is -0.346. The fourth-order valence-electron chi connectivity index (χ4n) is 2.34. The van der Waals surface area contributed by atoms with E-state index in [1.54, 1.807) is 0 Å². The van der Waals surface area contributed by atoms with Crippen LogP contribution in [0.25, 0.3) is 0 Å². The van der Waals surface area contributed by atoms with Crippen molar-refractivity contribution in [2.45, 2.75) is 58.7 Å². The van der Waals surface area contributed by atoms with Crippen molar-refractivity contribution in [1.82, 2.24) is 0 Å². The number of halogens is 1. The Morgan fingerprint density at radius 3 is 2.05 bits per heavy atom. The molecule has 4 heteroatoms. The molecule has 0 amide bonds. The summed E-state index contributed by atoms with van der Waals surface area (Å²) < 4.78 is 12.2. The second-order valence-electron chi connectivity index (χ2n) is 6.49. The van der Waals surface area contributed by atoms with Gasteiger partial charge in [-0.25, -0.2) is 0 Å². The monoisotopic (exact) mass is 280 g/mol. The predicted octanol–water partition coefficient (Wildman–Crippen LogP) is 3.76. The van der Waals surface area contributed by atoms with Crippen molar-refractivity contribution in [2.75, 3.05) is 0 Å². The average molecular weight is 281 g/mol. The van der Waals surface area contributed by atoms with E-state index in [0.717, 1.165) is 16.0 Å². The molecule has 2 nitrogen and oxygen atoms in total. The van der Waals surface area contributed by atoms with Gasteiger partial charge >= 0.3 is 7.12 Å². The Morgan fingerprint density at radius 2 is 1.58 bits per heavy atom. The molecule has 0 atom stereocenters. The zero-order valence-electron chi connectivity index (χ0n) is 12.6. The van der Waals surface area contributed by atoms with E-state index in [4.69, 9.17) is 20.9 Å². The van der Waals surface area contributed by atoms with Gasteiger partial charge < -0.3 is 9.31 Å². The summed E-state index contributed by atoms with van der Waals surface area (Å²) >= 11 is 6.33. The first-order valence-electron chi connectivity index (χ1n) is 6.79. The van der Waals surface area contributed by atoms with Gasteiger partial charge in [0.1, 0.15) is 0 Å². The first-order chi connectivity index (χ1) is 8.66. The fourth-order valence-corrected chi connectivity index (χ4v) is 2.74. The predicted molar refractivity (Wildman–Crippen MR) is 81.3 cm³/mol. The molecular weight excluding hydrogens is 258 g/mol. The minimum absolute atomic E-state index is 0.325. The summed E-state index contributed by atoms with van der Waals surface area (Å²) in [5.74, 6) is 0.336. The van der Waals surface area contributed by atoms with E-state index < -0.39 is 0 Å². The van der Waals surface area contributed by atoms with Gasteiger partial charge in [-0.05, 0) is 50.7 Å². The lowest BCUT2D eigenvalue weighted by Crippen LogP contribution is -2.41. The van der Waals surface area contributed by atoms with Gasteiger partial charge in [0.05, 0.1) is 11.2 Å². The second-order valence-corrected chi connectivity index (χ2v) is 6.89. The lowest BCUT2D eigenvalue weighted by molar-refractivity contribution is 0.00578. The Balaban J connectivity index is 2.43. The molecule has 2 rings (SSSR count). The van der Waals surface area contributed by atoms with Crippen molar-refractivity contribution in [3.63, 3.8) is 0 Å². The van der Waals surface area contributed by atoms with Crippen molar-refractivity contribution in [1.29, 1.82) is 0 Å². The molecule has 0 radical (unpaired) electrons. The van der Waals surface area contributed by atoms with E-state index in [9.17, 15) is 0 Å². The lowest BCUT2D eigenvalue weighted by Gasteiger charge is -2.32. The van der Waals surface area contributed by atoms with E-state index in [1.165, 1.54) is 0 Å². The van der Waals surface area contributed by atoms with Crippen molar-refractivity contribution < 1.29 is 9.31 Å². The maximum Gasteiger partial charge on any atom is 0.495 e. The molecule has 104 valence electrons. The SMILES string of the molecule is CC(C)c1c(Cl)cccc1B1OC(C)(C)C(C)(C)O1. The standard InChI is InChI=1S/C15H22BClO2/c1-10(2)13-11(8-7-9-12(13)17)16-18-14(3,4)15(5,6)19-16/h7-10H,1-6H3. The van der Waals surface area contributed by atoms with Crippen LogP contribution in [-0.4, -0.2) is 18.3 Å². The molecule has 1 aromatic carbocycles. The van der Waals surface area contributed by atoms with Crippen LogP contribution >= 0.6 is 11.6 Å². The van der Waals surface area contributed by atoms with E-state index in [1.807, 2.05) is 18.2 Å². The largest absolute Gasteiger partial charge is 0.495 e. The van der Waals surface area contributed by atoms with Gasteiger partial charge in [-0.2, -0.15) is 0 Å². The van der Waals surface area contributed by atoms with E-state index >= 15 is 0 Å². The normalized spacial score (nSPS) is 21.2. The van der Waals surface area contributed by atoms with Crippen LogP contribution < -0.4 is 5.46 Å². The molecule has 0 spiro atoms. The van der Waals surface area contributed by atoms with Crippen LogP contribution in [0.3, 0.4) is 0 Å². The molecular formula is C15H22BClO2. The van der Waals surface area contributed by atoms with Crippen molar-refractivity contribution in [3.8, 4) is 0 Å². The van der Waals surface area contributed by atoms with Crippen LogP contribution in [0.2, 0.25) is 5.02 Å². The average Bonchev–Trinajstić information content (AvgIpc) is 2.47. The summed E-state index contributed by atoms with van der Waals surface area (Å²) in [4.78, 5) is 0. The van der Waals surface area contributed by atoms with Gasteiger partial charge in [0.25, 0.3) is 0 Å². The fraction of sp³-hybridized carbons (Fsp3) is 0.600. The van der Waals surface area contributed by atoms with Gasteiger partial charge in [-0.1, -0.05) is 37.6 Å². The summed E-state index contributed by atoms with van der Waals surface area (Å²) in [6.45, 7) is 12.5. The summed E-state index contributed by atoms with van der Waals surface area (Å²) in [5.41, 5.74) is 1.51. The summed E-state index contributed by atoms with van der Waals surface area (Å²) in [6.07, 6.45) is 0. The molecule has 19 heavy (non-hydrogen) atoms. The Morgan fingerprint density at radius 1 is 1.05 bits per heavy atom. The molecule has 1 aliphatic rings. The zero-order valence-corrected chi connectivity index (χ0v) is 13.3. The number of hydrogen-bond acceptors (Lipinski definition) is 2. The molecule has 0 saturated carbocycles. The number of benzene rings is 1. The Kier molecular flexibility index (Phi) is 3.76. The smallest absolute Gasteiger partial charge is 0.399 e. The molecule has 0 bridgehead atoms. The van der Waals surface area contributed by atoms with Crippen LogP contribution in [0, 0.1) is 0 Å². The van der Waals surface area contributed by atoms with Crippen LogP contribution in [0.4, 0.5) is 0 Å². The van der Waals surface area contributed by atoms with E-state index in [0.29, 0.717) is 5.92 Å². The first kappa shape index (κ1) is 14.9. The molecule has 1 aromatic rings. The van der Waals surface area contributed by atoms with Crippen molar-refractivity contribution in [2.24, 2.45) is 0 Å². The third-order valence-electron chi connectivity index (χ3n) is 4.17. The van der Waals surface area contributed by atoms with Crippen LogP contribution in [-0.2, 0) is 9.31 Å². The Hall–Kier alpha value is -0.505. The highest BCUT2D eigenvalue weighted by atomic mass is 35.5. The maximum atomic E-state index is 6.33. The minimum atomic E-state index is -0.346. The van der Waals surface area contributed by atoms with Crippen molar-refractivity contribution in [3.05, 3.63) is 28.8 Å². The molecule has 1 heterocycles. The van der Waals surface area contributed by atoms with Gasteiger partial charge in [0.15, 0.2) is 0 Å². The third kappa shape index (κ3) is 2.56. The lowest BCUT2D eigenvalue weighted by atomic mass is 9.73. The third-order valence-corrected chi connectivity index (χ3v) is 4.50. The molecule has 1 saturated heterocycles. The highest BCUT2D eigenvalue weighted by molar-refractivity contribution is 6.63. The Bertz CT molecular complexity index is 467. The zero-order chi connectivity index (χ0) is 14.4. The summed E-state index contributed by atoms with van der Waals surface area (Å²) in [6, 6.07) is 5.92. The highest BCUT2D eigenvalue weighted by Gasteiger charge is 2.52. The Labute approximate surface area is 121 Å². The molecule has 0 unspecified atom stereocenters. The van der Waals surface area contributed by atoms with Gasteiger partial charge in [0, 0.05) is 5.02 Å². The quantitative estimate of drug-likeness (QED) is 0.768. The van der Waals surface area contributed by atoms with Crippen LogP contribution in [0.15, 0.2) is 18.2 Å². The highest BCUT2D eigenvalue weighted by Crippen LogP contribution is 2.37. The van der Waals surface area contributed by atoms with Crippen molar-refractivity contribution >= 4 is 24.2 Å². The molecule has 1 fully saturated rings. The van der Waals surface area contributed by atoms with E-state index in [-0.39, 0.29) is 18.3 Å². The van der Waals surface area contributed by atoms with Crippen LogP contribution in [0.1, 0.15) is 53.0 Å². The van der Waals surface area contributed by atoms with Gasteiger partial charge in [-0.3, -0.25) is 0 Å². The summed E-state index contributed by atoms with van der Waals surface area (Å²) in [5, 5.41) is 0.780. The van der Waals surface area contributed by atoms with Crippen LogP contribution in [0.5, 0.6) is 0 Å². The molecule has 0 N–H and O–H groups in total. The minimum Gasteiger partial charge on any atom is -0.399 e. The first-order valence-corrected chi connectivity index (χ1v) is 7.17. The second kappa shape index (κ2) is 4.80. The van der Waals surface area contributed by atoms with E-state index in [2.05, 4.69) is 41.5 Å². The molecule has 1 aliphatic heterocycles. The molecule has 0 aromatic heterocycles. The molecule has 0 aliphatic carbocycles. The number of hydrogen-bond donors (Lipinski definition) is 0. The number of rotatable bonds is 2. The maximum absolute atomic E-state index is 6.33.